The first-order valence-electron chi connectivity index (χ1n) is 5.69. The Hall–Kier alpha value is -1.56. The quantitative estimate of drug-likeness (QED) is 0.568. The zero-order chi connectivity index (χ0) is 12.7. The van der Waals surface area contributed by atoms with Crippen molar-refractivity contribution in [1.29, 1.82) is 0 Å². The van der Waals surface area contributed by atoms with E-state index in [0.29, 0.717) is 18.9 Å². The van der Waals surface area contributed by atoms with Crippen LogP contribution in [-0.2, 0) is 16.5 Å². The molecule has 96 valence electrons. The average Bonchev–Trinajstić information content (AvgIpc) is 2.63. The molecular weight excluding hydrogens is 222 g/mol. The van der Waals surface area contributed by atoms with Gasteiger partial charge in [-0.05, 0) is 6.42 Å². The van der Waals surface area contributed by atoms with Crippen molar-refractivity contribution < 1.29 is 14.3 Å². The highest BCUT2D eigenvalue weighted by Gasteiger charge is 2.15. The molecule has 0 spiro atoms. The minimum atomic E-state index is -0.471. The maximum atomic E-state index is 11.6. The van der Waals surface area contributed by atoms with Gasteiger partial charge < -0.3 is 15.2 Å². The first kappa shape index (κ1) is 13.5. The van der Waals surface area contributed by atoms with Gasteiger partial charge in [-0.2, -0.15) is 5.10 Å². The van der Waals surface area contributed by atoms with Crippen molar-refractivity contribution in [3.05, 3.63) is 11.9 Å². The summed E-state index contributed by atoms with van der Waals surface area (Å²) in [5, 5.41) is 3.87. The topological polar surface area (TPSA) is 79.4 Å². The molecule has 0 aliphatic rings. The highest BCUT2D eigenvalue weighted by atomic mass is 16.6. The molecule has 1 heterocycles. The number of nitrogens with two attached hydrogens (primary N) is 1. The van der Waals surface area contributed by atoms with E-state index in [-0.39, 0.29) is 12.3 Å². The number of carbonyl (C=O) groups excluding carboxylic acids is 1. The molecule has 0 bridgehead atoms. The molecule has 17 heavy (non-hydrogen) atoms. The van der Waals surface area contributed by atoms with E-state index < -0.39 is 5.97 Å². The Labute approximate surface area is 101 Å². The van der Waals surface area contributed by atoms with Crippen molar-refractivity contribution in [2.75, 3.05) is 25.6 Å². The summed E-state index contributed by atoms with van der Waals surface area (Å²) in [7, 11) is 1.64. The van der Waals surface area contributed by atoms with Crippen LogP contribution in [0, 0.1) is 0 Å². The van der Waals surface area contributed by atoms with Gasteiger partial charge in [-0.1, -0.05) is 13.3 Å². The molecule has 0 aromatic carbocycles. The lowest BCUT2D eigenvalue weighted by atomic mass is 10.4. The molecule has 0 saturated carbocycles. The van der Waals surface area contributed by atoms with Gasteiger partial charge in [-0.15, -0.1) is 0 Å². The van der Waals surface area contributed by atoms with E-state index in [9.17, 15) is 4.79 Å². The van der Waals surface area contributed by atoms with E-state index in [1.54, 1.807) is 7.05 Å². The number of ether oxygens (including phenoxy) is 2. The summed E-state index contributed by atoms with van der Waals surface area (Å²) in [4.78, 5) is 11.6. The van der Waals surface area contributed by atoms with E-state index in [0.717, 1.165) is 12.8 Å². The third-order valence-corrected chi connectivity index (χ3v) is 2.26. The molecule has 0 saturated heterocycles. The van der Waals surface area contributed by atoms with Crippen LogP contribution in [0.15, 0.2) is 6.20 Å². The van der Waals surface area contributed by atoms with Gasteiger partial charge in [0, 0.05) is 13.7 Å². The van der Waals surface area contributed by atoms with Crippen LogP contribution >= 0.6 is 0 Å². The van der Waals surface area contributed by atoms with Crippen LogP contribution in [0.4, 0.5) is 5.69 Å². The normalized spacial score (nSPS) is 10.5. The van der Waals surface area contributed by atoms with Gasteiger partial charge in [0.15, 0.2) is 5.69 Å². The molecular formula is C11H19N3O3. The Balaban J connectivity index is 2.26. The van der Waals surface area contributed by atoms with Crippen molar-refractivity contribution >= 4 is 11.7 Å². The van der Waals surface area contributed by atoms with E-state index >= 15 is 0 Å². The Bertz CT molecular complexity index is 343. The third-order valence-electron chi connectivity index (χ3n) is 2.26. The van der Waals surface area contributed by atoms with Gasteiger partial charge in [-0.25, -0.2) is 4.79 Å². The molecule has 0 aliphatic heterocycles. The Kier molecular flexibility index (Phi) is 5.48. The van der Waals surface area contributed by atoms with Crippen LogP contribution in [-0.4, -0.2) is 35.6 Å². The van der Waals surface area contributed by atoms with Crippen LogP contribution in [0.1, 0.15) is 30.3 Å². The smallest absolute Gasteiger partial charge is 0.358 e. The number of nitrogens with zero attached hydrogens (tertiary/aromatic N) is 2. The minimum absolute atomic E-state index is 0.229. The number of carbonyl (C=O) groups is 1. The zero-order valence-corrected chi connectivity index (χ0v) is 10.3. The maximum Gasteiger partial charge on any atom is 0.358 e. The molecule has 0 fully saturated rings. The minimum Gasteiger partial charge on any atom is -0.458 e. The standard InChI is InChI=1S/C11H19N3O3/c1-3-4-5-16-6-7-17-11(15)10-9(12)8-13-14(10)2/h8H,3-7,12H2,1-2H3. The summed E-state index contributed by atoms with van der Waals surface area (Å²) >= 11 is 0. The van der Waals surface area contributed by atoms with Crippen LogP contribution < -0.4 is 5.73 Å². The van der Waals surface area contributed by atoms with Gasteiger partial charge in [-0.3, -0.25) is 4.68 Å². The second-order valence-corrected chi connectivity index (χ2v) is 3.67. The predicted molar refractivity (Wildman–Crippen MR) is 63.6 cm³/mol. The summed E-state index contributed by atoms with van der Waals surface area (Å²) in [6, 6.07) is 0. The number of hydrogen-bond acceptors (Lipinski definition) is 5. The molecule has 1 rings (SSSR count). The summed E-state index contributed by atoms with van der Waals surface area (Å²) in [5.41, 5.74) is 6.20. The Morgan fingerprint density at radius 2 is 2.24 bits per heavy atom. The fraction of sp³-hybridized carbons (Fsp3) is 0.636. The number of anilines is 1. The van der Waals surface area contributed by atoms with Gasteiger partial charge in [0.05, 0.1) is 18.5 Å². The van der Waals surface area contributed by atoms with Crippen molar-refractivity contribution in [3.63, 3.8) is 0 Å². The SMILES string of the molecule is CCCCOCCOC(=O)c1c(N)cnn1C. The fourth-order valence-corrected chi connectivity index (χ4v) is 1.31. The van der Waals surface area contributed by atoms with Gasteiger partial charge in [0.25, 0.3) is 0 Å². The lowest BCUT2D eigenvalue weighted by Gasteiger charge is -2.06. The van der Waals surface area contributed by atoms with Crippen molar-refractivity contribution in [1.82, 2.24) is 9.78 Å². The molecule has 1 aromatic rings. The highest BCUT2D eigenvalue weighted by molar-refractivity contribution is 5.92. The number of aryl methyl sites for hydroxylation is 1. The molecule has 0 aliphatic carbocycles. The Morgan fingerprint density at radius 1 is 1.47 bits per heavy atom. The largest absolute Gasteiger partial charge is 0.458 e. The first-order chi connectivity index (χ1) is 8.16. The number of aromatic nitrogens is 2. The fourth-order valence-electron chi connectivity index (χ4n) is 1.31. The molecule has 6 heteroatoms. The molecule has 6 nitrogen and oxygen atoms in total. The molecule has 0 amide bonds. The monoisotopic (exact) mass is 241 g/mol. The first-order valence-corrected chi connectivity index (χ1v) is 5.69. The van der Waals surface area contributed by atoms with E-state index in [4.69, 9.17) is 15.2 Å². The number of hydrogen-bond donors (Lipinski definition) is 1. The summed E-state index contributed by atoms with van der Waals surface area (Å²) < 4.78 is 11.7. The summed E-state index contributed by atoms with van der Waals surface area (Å²) in [6.07, 6.45) is 3.53. The van der Waals surface area contributed by atoms with Crippen LogP contribution in [0.25, 0.3) is 0 Å². The lowest BCUT2D eigenvalue weighted by molar-refractivity contribution is 0.0304. The number of rotatable bonds is 7. The van der Waals surface area contributed by atoms with Crippen molar-refractivity contribution in [2.24, 2.45) is 7.05 Å². The van der Waals surface area contributed by atoms with Crippen molar-refractivity contribution in [3.8, 4) is 0 Å². The van der Waals surface area contributed by atoms with E-state index in [1.165, 1.54) is 10.9 Å². The van der Waals surface area contributed by atoms with Crippen LogP contribution in [0.5, 0.6) is 0 Å². The van der Waals surface area contributed by atoms with E-state index in [2.05, 4.69) is 12.0 Å². The summed E-state index contributed by atoms with van der Waals surface area (Å²) in [5.74, 6) is -0.471. The predicted octanol–water partition coefficient (Wildman–Crippen LogP) is 0.976. The third kappa shape index (κ3) is 4.07. The lowest BCUT2D eigenvalue weighted by Crippen LogP contribution is -2.15. The average molecular weight is 241 g/mol. The molecule has 0 unspecified atom stereocenters. The molecule has 2 N–H and O–H groups in total. The van der Waals surface area contributed by atoms with Crippen LogP contribution in [0.3, 0.4) is 0 Å². The van der Waals surface area contributed by atoms with Gasteiger partial charge in [0.2, 0.25) is 0 Å². The second kappa shape index (κ2) is 6.90. The zero-order valence-electron chi connectivity index (χ0n) is 10.3. The Morgan fingerprint density at radius 3 is 2.82 bits per heavy atom. The number of esters is 1. The molecule has 1 aromatic heterocycles. The molecule has 0 atom stereocenters. The van der Waals surface area contributed by atoms with Gasteiger partial charge in [0.1, 0.15) is 6.61 Å². The summed E-state index contributed by atoms with van der Waals surface area (Å²) in [6.45, 7) is 3.42. The van der Waals surface area contributed by atoms with Crippen LogP contribution in [0.2, 0.25) is 0 Å². The number of unbranched alkanes of at least 4 members (excludes halogenated alkanes) is 1. The van der Waals surface area contributed by atoms with E-state index in [1.807, 2.05) is 0 Å². The van der Waals surface area contributed by atoms with Crippen molar-refractivity contribution in [2.45, 2.75) is 19.8 Å². The van der Waals surface area contributed by atoms with Gasteiger partial charge >= 0.3 is 5.97 Å². The maximum absolute atomic E-state index is 11.6. The number of nitrogen functional groups attached to an aromatic ring is 1. The highest BCUT2D eigenvalue weighted by Crippen LogP contribution is 2.10. The molecule has 0 radical (unpaired) electrons. The second-order valence-electron chi connectivity index (χ2n) is 3.67.